The van der Waals surface area contributed by atoms with E-state index in [4.69, 9.17) is 22.3 Å². The lowest BCUT2D eigenvalue weighted by Crippen LogP contribution is -2.49. The summed E-state index contributed by atoms with van der Waals surface area (Å²) in [6, 6.07) is 11.5. The number of nitrogens with zero attached hydrogens (tertiary/aromatic N) is 1. The summed E-state index contributed by atoms with van der Waals surface area (Å²) in [7, 11) is 0. The van der Waals surface area contributed by atoms with Crippen LogP contribution < -0.4 is 38.5 Å². The van der Waals surface area contributed by atoms with Gasteiger partial charge in [-0.2, -0.15) is 0 Å². The second kappa shape index (κ2) is 27.9. The molecule has 2 aliphatic rings. The van der Waals surface area contributed by atoms with Crippen LogP contribution in [0.2, 0.25) is 0 Å². The minimum atomic E-state index is -0.396. The molecule has 0 spiro atoms. The summed E-state index contributed by atoms with van der Waals surface area (Å²) in [5.74, 6) is 0. The number of nitrogens with two attached hydrogens (primary N) is 3. The van der Waals surface area contributed by atoms with E-state index in [1.165, 1.54) is 75.7 Å². The van der Waals surface area contributed by atoms with Crippen molar-refractivity contribution < 1.29 is 5.11 Å². The molecule has 1 saturated carbocycles. The van der Waals surface area contributed by atoms with Gasteiger partial charge in [-0.05, 0) is 49.9 Å². The van der Waals surface area contributed by atoms with Crippen molar-refractivity contribution in [1.29, 1.82) is 0 Å². The maximum atomic E-state index is 8.92. The van der Waals surface area contributed by atoms with Crippen molar-refractivity contribution in [3.63, 3.8) is 0 Å². The maximum absolute atomic E-state index is 8.92. The van der Waals surface area contributed by atoms with Crippen molar-refractivity contribution in [3.05, 3.63) is 35.4 Å². The number of rotatable bonds is 14. The van der Waals surface area contributed by atoms with Crippen molar-refractivity contribution in [2.24, 2.45) is 17.2 Å². The molecule has 1 aliphatic heterocycles. The fraction of sp³-hybridized carbons (Fsp3) is 0.833. The van der Waals surface area contributed by atoms with Crippen LogP contribution in [0.15, 0.2) is 24.3 Å². The van der Waals surface area contributed by atoms with E-state index >= 15 is 0 Å². The lowest BCUT2D eigenvalue weighted by molar-refractivity contribution is 0.176. The highest BCUT2D eigenvalue weighted by atomic mass is 16.3. The summed E-state index contributed by atoms with van der Waals surface area (Å²) in [5.41, 5.74) is 19.2. The third-order valence-corrected chi connectivity index (χ3v) is 7.77. The molecule has 1 aromatic rings. The highest BCUT2D eigenvalue weighted by molar-refractivity contribution is 5.23. The smallest absolute Gasteiger partial charge is 0.0786 e. The van der Waals surface area contributed by atoms with Gasteiger partial charge in [0, 0.05) is 75.5 Å². The summed E-state index contributed by atoms with van der Waals surface area (Å²) in [4.78, 5) is 2.57. The molecule has 9 nitrogen and oxygen atoms in total. The molecule has 3 unspecified atom stereocenters. The molecule has 0 bridgehead atoms. The fourth-order valence-corrected chi connectivity index (χ4v) is 5.13. The highest BCUT2D eigenvalue weighted by Gasteiger charge is 2.21. The Bertz CT molecular complexity index is 786. The van der Waals surface area contributed by atoms with Gasteiger partial charge < -0.3 is 48.5 Å². The Kier molecular flexibility index (Phi) is 27.2. The van der Waals surface area contributed by atoms with Crippen LogP contribution in [0.25, 0.3) is 0 Å². The number of aliphatic hydroxyl groups excluding tert-OH is 1. The van der Waals surface area contributed by atoms with Gasteiger partial charge in [-0.1, -0.05) is 98.9 Å². The van der Waals surface area contributed by atoms with Gasteiger partial charge in [-0.25, -0.2) is 0 Å². The zero-order chi connectivity index (χ0) is 34.0. The average molecular weight is 637 g/mol. The minimum Gasteiger partial charge on any atom is -0.390 e. The van der Waals surface area contributed by atoms with Crippen LogP contribution in [0.1, 0.15) is 111 Å². The largest absolute Gasteiger partial charge is 0.390 e. The SMILES string of the molecule is CC(C)NC1CCCCC1N.CC(C)NCC(O)CN.CC(C)NCCN1CCCCC1.CC(C)NCc1cccc(CN)c1. The Hall–Kier alpha value is -1.14. The predicted octanol–water partition coefficient (Wildman–Crippen LogP) is 3.67. The zero-order valence-electron chi connectivity index (χ0n) is 30.6. The van der Waals surface area contributed by atoms with E-state index in [9.17, 15) is 0 Å². The highest BCUT2D eigenvalue weighted by Crippen LogP contribution is 2.17. The van der Waals surface area contributed by atoms with Gasteiger partial charge in [-0.15, -0.1) is 0 Å². The van der Waals surface area contributed by atoms with Crippen molar-refractivity contribution in [3.8, 4) is 0 Å². The van der Waals surface area contributed by atoms with Gasteiger partial charge >= 0.3 is 0 Å². The molecule has 266 valence electrons. The Balaban J connectivity index is 0.000000579. The van der Waals surface area contributed by atoms with E-state index in [1.54, 1.807) is 0 Å². The topological polar surface area (TPSA) is 150 Å². The first-order chi connectivity index (χ1) is 21.4. The second-order valence-corrected chi connectivity index (χ2v) is 13.9. The van der Waals surface area contributed by atoms with E-state index in [2.05, 4.69) is 92.0 Å². The number of hydrogen-bond donors (Lipinski definition) is 8. The summed E-state index contributed by atoms with van der Waals surface area (Å²) in [6.07, 6.45) is 8.98. The number of benzene rings is 1. The van der Waals surface area contributed by atoms with Crippen molar-refractivity contribution >= 4 is 0 Å². The van der Waals surface area contributed by atoms with Gasteiger partial charge in [0.2, 0.25) is 0 Å². The minimum absolute atomic E-state index is 0.333. The predicted molar refractivity (Wildman–Crippen MR) is 196 cm³/mol. The van der Waals surface area contributed by atoms with Crippen LogP contribution in [0.3, 0.4) is 0 Å². The lowest BCUT2D eigenvalue weighted by atomic mass is 9.90. The van der Waals surface area contributed by atoms with Crippen LogP contribution in [-0.2, 0) is 13.1 Å². The number of nitrogens with one attached hydrogen (secondary N) is 4. The standard InChI is InChI=1S/C11H18N2.C10H22N2.C9H20N2.C6H16N2O/c1-9(2)13-8-11-5-3-4-10(6-11)7-12;1-10(2)11-6-9-12-7-4-3-5-8-12;1-7(2)11-9-6-4-3-5-8(9)10;1-5(2)8-4-6(9)3-7/h3-6,9,13H,7-8,12H2,1-2H3;10-11H,3-9H2,1-2H3;7-9,11H,3-6,10H2,1-2H3;5-6,8-9H,3-4,7H2,1-2H3. The quantitative estimate of drug-likeness (QED) is 0.153. The molecule has 1 saturated heterocycles. The van der Waals surface area contributed by atoms with Gasteiger partial charge in [-0.3, -0.25) is 0 Å². The van der Waals surface area contributed by atoms with Crippen LogP contribution >= 0.6 is 0 Å². The molecular formula is C36H76N8O. The number of aliphatic hydroxyl groups is 1. The average Bonchev–Trinajstić information content (AvgIpc) is 3.01. The molecular weight excluding hydrogens is 560 g/mol. The lowest BCUT2D eigenvalue weighted by Gasteiger charge is -2.30. The van der Waals surface area contributed by atoms with Crippen LogP contribution in [0, 0.1) is 0 Å². The second-order valence-electron chi connectivity index (χ2n) is 13.9. The fourth-order valence-electron chi connectivity index (χ4n) is 5.13. The molecule has 9 heteroatoms. The molecule has 0 aromatic heterocycles. The molecule has 0 radical (unpaired) electrons. The van der Waals surface area contributed by atoms with E-state index < -0.39 is 6.10 Å². The molecule has 1 aromatic carbocycles. The number of likely N-dealkylation sites (tertiary alicyclic amines) is 1. The molecule has 11 N–H and O–H groups in total. The maximum Gasteiger partial charge on any atom is 0.0786 e. The molecule has 2 fully saturated rings. The summed E-state index contributed by atoms with van der Waals surface area (Å²) >= 11 is 0. The van der Waals surface area contributed by atoms with E-state index in [1.807, 2.05) is 13.8 Å². The van der Waals surface area contributed by atoms with Crippen molar-refractivity contribution in [2.45, 2.75) is 156 Å². The molecule has 0 amide bonds. The summed E-state index contributed by atoms with van der Waals surface area (Å²) in [6.45, 7) is 24.6. The van der Waals surface area contributed by atoms with E-state index in [0.29, 0.717) is 55.9 Å². The molecule has 3 atom stereocenters. The third-order valence-electron chi connectivity index (χ3n) is 7.77. The van der Waals surface area contributed by atoms with Gasteiger partial charge in [0.05, 0.1) is 6.10 Å². The van der Waals surface area contributed by atoms with Crippen LogP contribution in [0.5, 0.6) is 0 Å². The Labute approximate surface area is 278 Å². The molecule has 1 aliphatic carbocycles. The summed E-state index contributed by atoms with van der Waals surface area (Å²) in [5, 5.41) is 22.3. The molecule has 3 rings (SSSR count). The molecule has 45 heavy (non-hydrogen) atoms. The first-order valence-corrected chi connectivity index (χ1v) is 18.0. The van der Waals surface area contributed by atoms with E-state index in [-0.39, 0.29) is 0 Å². The third kappa shape index (κ3) is 26.6. The van der Waals surface area contributed by atoms with Crippen molar-refractivity contribution in [2.75, 3.05) is 39.3 Å². The monoisotopic (exact) mass is 637 g/mol. The first kappa shape index (κ1) is 43.9. The number of piperidine rings is 1. The normalized spacial score (nSPS) is 19.4. The van der Waals surface area contributed by atoms with Crippen molar-refractivity contribution in [1.82, 2.24) is 26.2 Å². The zero-order valence-corrected chi connectivity index (χ0v) is 30.6. The Morgan fingerprint density at radius 3 is 1.91 bits per heavy atom. The van der Waals surface area contributed by atoms with E-state index in [0.717, 1.165) is 13.1 Å². The summed E-state index contributed by atoms with van der Waals surface area (Å²) < 4.78 is 0. The van der Waals surface area contributed by atoms with Gasteiger partial charge in [0.1, 0.15) is 0 Å². The van der Waals surface area contributed by atoms with Gasteiger partial charge in [0.25, 0.3) is 0 Å². The Morgan fingerprint density at radius 2 is 1.38 bits per heavy atom. The van der Waals surface area contributed by atoms with Crippen LogP contribution in [-0.4, -0.2) is 91.6 Å². The number of hydrogen-bond acceptors (Lipinski definition) is 9. The molecule has 1 heterocycles. The van der Waals surface area contributed by atoms with Crippen LogP contribution in [0.4, 0.5) is 0 Å². The first-order valence-electron chi connectivity index (χ1n) is 18.0. The van der Waals surface area contributed by atoms with Gasteiger partial charge in [0.15, 0.2) is 0 Å². The Morgan fingerprint density at radius 1 is 0.778 bits per heavy atom.